The number of nitrogens with one attached hydrogen (secondary N) is 1. The van der Waals surface area contributed by atoms with Gasteiger partial charge in [0, 0.05) is 24.5 Å². The third kappa shape index (κ3) is 8.61. The summed E-state index contributed by atoms with van der Waals surface area (Å²) in [6.45, 7) is 0.472. The molecule has 0 aliphatic carbocycles. The molecule has 0 saturated heterocycles. The van der Waals surface area contributed by atoms with Crippen molar-refractivity contribution in [3.8, 4) is 11.5 Å². The normalized spacial score (nSPS) is 11.3. The monoisotopic (exact) mass is 556 g/mol. The lowest BCUT2D eigenvalue weighted by Gasteiger charge is -2.31. The predicted molar refractivity (Wildman–Crippen MR) is 158 cm³/mol. The second kappa shape index (κ2) is 14.8. The van der Waals surface area contributed by atoms with Crippen LogP contribution in [0.1, 0.15) is 16.7 Å². The van der Waals surface area contributed by atoms with Gasteiger partial charge in [-0.2, -0.15) is 0 Å². The molecule has 0 aromatic heterocycles. The number of ether oxygens (including phenoxy) is 2. The van der Waals surface area contributed by atoms with Crippen molar-refractivity contribution in [2.24, 2.45) is 0 Å². The van der Waals surface area contributed by atoms with Gasteiger partial charge in [-0.1, -0.05) is 84.4 Å². The van der Waals surface area contributed by atoms with Crippen molar-refractivity contribution in [2.75, 3.05) is 20.3 Å². The fraction of sp³-hybridized carbons (Fsp3) is 0.212. The molecule has 0 spiro atoms. The lowest BCUT2D eigenvalue weighted by molar-refractivity contribution is -0.142. The summed E-state index contributed by atoms with van der Waals surface area (Å²) in [5.74, 6) is 0.861. The Morgan fingerprint density at radius 1 is 0.775 bits per heavy atom. The van der Waals surface area contributed by atoms with E-state index in [4.69, 9.17) is 21.1 Å². The summed E-state index contributed by atoms with van der Waals surface area (Å²) < 4.78 is 11.0. The summed E-state index contributed by atoms with van der Waals surface area (Å²) in [4.78, 5) is 29.0. The van der Waals surface area contributed by atoms with Crippen molar-refractivity contribution in [2.45, 2.75) is 25.4 Å². The van der Waals surface area contributed by atoms with Crippen LogP contribution in [0.2, 0.25) is 5.02 Å². The maximum absolute atomic E-state index is 13.7. The van der Waals surface area contributed by atoms with Crippen LogP contribution in [-0.2, 0) is 29.0 Å². The van der Waals surface area contributed by atoms with Crippen molar-refractivity contribution in [1.29, 1.82) is 0 Å². The van der Waals surface area contributed by atoms with E-state index in [2.05, 4.69) is 5.32 Å². The number of hydrogen-bond donors (Lipinski definition) is 1. The van der Waals surface area contributed by atoms with Crippen LogP contribution in [0.3, 0.4) is 0 Å². The zero-order valence-electron chi connectivity index (χ0n) is 22.5. The van der Waals surface area contributed by atoms with Gasteiger partial charge in [-0.3, -0.25) is 9.59 Å². The number of amides is 2. The Balaban J connectivity index is 1.54. The largest absolute Gasteiger partial charge is 0.497 e. The van der Waals surface area contributed by atoms with Crippen LogP contribution in [0.5, 0.6) is 11.5 Å². The summed E-state index contributed by atoms with van der Waals surface area (Å²) in [5, 5.41) is 3.66. The number of nitrogens with zero attached hydrogens (tertiary/aromatic N) is 1. The van der Waals surface area contributed by atoms with Gasteiger partial charge in [0.2, 0.25) is 5.91 Å². The number of carbonyl (C=O) groups excluding carboxylic acids is 2. The van der Waals surface area contributed by atoms with Gasteiger partial charge in [-0.05, 0) is 59.5 Å². The summed E-state index contributed by atoms with van der Waals surface area (Å²) in [6, 6.07) is 33.2. The van der Waals surface area contributed by atoms with Gasteiger partial charge >= 0.3 is 0 Å². The molecule has 0 bridgehead atoms. The Labute approximate surface area is 240 Å². The average Bonchev–Trinajstić information content (AvgIpc) is 3.00. The number of hydrogen-bond acceptors (Lipinski definition) is 4. The highest BCUT2D eigenvalue weighted by atomic mass is 35.5. The van der Waals surface area contributed by atoms with Crippen molar-refractivity contribution >= 4 is 23.4 Å². The van der Waals surface area contributed by atoms with E-state index < -0.39 is 6.04 Å². The summed E-state index contributed by atoms with van der Waals surface area (Å²) in [6.07, 6.45) is 1.01. The second-order valence-electron chi connectivity index (χ2n) is 9.34. The summed E-state index contributed by atoms with van der Waals surface area (Å²) in [7, 11) is 1.63. The van der Waals surface area contributed by atoms with E-state index in [0.29, 0.717) is 30.2 Å². The zero-order chi connectivity index (χ0) is 28.2. The Morgan fingerprint density at radius 3 is 2.05 bits per heavy atom. The maximum Gasteiger partial charge on any atom is 0.261 e. The van der Waals surface area contributed by atoms with E-state index in [1.807, 2.05) is 84.9 Å². The number of methoxy groups -OCH3 is 1. The molecule has 0 fully saturated rings. The highest BCUT2D eigenvalue weighted by Gasteiger charge is 2.30. The average molecular weight is 557 g/mol. The Hall–Kier alpha value is -4.29. The fourth-order valence-electron chi connectivity index (χ4n) is 4.33. The number of carbonyl (C=O) groups is 2. The SMILES string of the molecule is COc1ccc(CCNC(=O)[C@H](Cc2ccccc2)N(Cc2ccc(Cl)cc2)C(=O)COc2ccccc2)cc1. The van der Waals surface area contributed by atoms with Crippen LogP contribution in [-0.4, -0.2) is 43.0 Å². The minimum absolute atomic E-state index is 0.192. The first kappa shape index (κ1) is 28.7. The number of benzene rings is 4. The van der Waals surface area contributed by atoms with E-state index in [1.165, 1.54) is 0 Å². The Morgan fingerprint density at radius 2 is 1.40 bits per heavy atom. The molecule has 0 saturated carbocycles. The topological polar surface area (TPSA) is 67.9 Å². The minimum Gasteiger partial charge on any atom is -0.497 e. The fourth-order valence-corrected chi connectivity index (χ4v) is 4.45. The van der Waals surface area contributed by atoms with E-state index in [9.17, 15) is 9.59 Å². The molecule has 40 heavy (non-hydrogen) atoms. The number of rotatable bonds is 13. The smallest absolute Gasteiger partial charge is 0.261 e. The molecule has 0 radical (unpaired) electrons. The van der Waals surface area contributed by atoms with E-state index in [1.54, 1.807) is 36.3 Å². The molecule has 2 amide bonds. The van der Waals surface area contributed by atoms with E-state index in [-0.39, 0.29) is 25.0 Å². The Kier molecular flexibility index (Phi) is 10.6. The lowest BCUT2D eigenvalue weighted by atomic mass is 10.0. The zero-order valence-corrected chi connectivity index (χ0v) is 23.2. The van der Waals surface area contributed by atoms with Crippen LogP contribution in [0.15, 0.2) is 109 Å². The first-order valence-corrected chi connectivity index (χ1v) is 13.6. The van der Waals surface area contributed by atoms with Gasteiger partial charge in [-0.15, -0.1) is 0 Å². The molecular weight excluding hydrogens is 524 g/mol. The first-order valence-electron chi connectivity index (χ1n) is 13.2. The van der Waals surface area contributed by atoms with Crippen LogP contribution in [0.25, 0.3) is 0 Å². The third-order valence-corrected chi connectivity index (χ3v) is 6.77. The van der Waals surface area contributed by atoms with Gasteiger partial charge in [0.15, 0.2) is 6.61 Å². The molecule has 1 N–H and O–H groups in total. The number of para-hydroxylation sites is 1. The maximum atomic E-state index is 13.7. The lowest BCUT2D eigenvalue weighted by Crippen LogP contribution is -2.52. The number of halogens is 1. The van der Waals surface area contributed by atoms with Crippen molar-refractivity contribution in [1.82, 2.24) is 10.2 Å². The molecule has 7 heteroatoms. The van der Waals surface area contributed by atoms with E-state index >= 15 is 0 Å². The molecule has 4 aromatic carbocycles. The van der Waals surface area contributed by atoms with Gasteiger partial charge in [0.25, 0.3) is 5.91 Å². The highest BCUT2D eigenvalue weighted by molar-refractivity contribution is 6.30. The minimum atomic E-state index is -0.749. The molecule has 6 nitrogen and oxygen atoms in total. The quantitative estimate of drug-likeness (QED) is 0.228. The van der Waals surface area contributed by atoms with Crippen molar-refractivity contribution in [3.63, 3.8) is 0 Å². The van der Waals surface area contributed by atoms with Crippen molar-refractivity contribution < 1.29 is 19.1 Å². The highest BCUT2D eigenvalue weighted by Crippen LogP contribution is 2.18. The molecule has 4 rings (SSSR count). The molecular formula is C33H33ClN2O4. The van der Waals surface area contributed by atoms with Crippen LogP contribution in [0, 0.1) is 0 Å². The standard InChI is InChI=1S/C33H33ClN2O4/c1-39-29-18-14-25(15-19-29)20-21-35-33(38)31(22-26-8-4-2-5-9-26)36(23-27-12-16-28(34)17-13-27)32(37)24-40-30-10-6-3-7-11-30/h2-19,31H,20-24H2,1H3,(H,35,38)/t31-/m0/s1. The third-order valence-electron chi connectivity index (χ3n) is 6.51. The molecule has 0 unspecified atom stereocenters. The van der Waals surface area contributed by atoms with Gasteiger partial charge in [0.05, 0.1) is 7.11 Å². The Bertz CT molecular complexity index is 1350. The molecule has 1 atom stereocenters. The molecule has 4 aromatic rings. The van der Waals surface area contributed by atoms with Gasteiger partial charge < -0.3 is 19.7 Å². The van der Waals surface area contributed by atoms with E-state index in [0.717, 1.165) is 22.4 Å². The van der Waals surface area contributed by atoms with Crippen molar-refractivity contribution in [3.05, 3.63) is 131 Å². The second-order valence-corrected chi connectivity index (χ2v) is 9.78. The first-order chi connectivity index (χ1) is 19.5. The molecule has 0 heterocycles. The predicted octanol–water partition coefficient (Wildman–Crippen LogP) is 5.73. The molecule has 206 valence electrons. The molecule has 0 aliphatic rings. The van der Waals surface area contributed by atoms with Crippen LogP contribution < -0.4 is 14.8 Å². The van der Waals surface area contributed by atoms with Crippen LogP contribution in [0.4, 0.5) is 0 Å². The van der Waals surface area contributed by atoms with Gasteiger partial charge in [-0.25, -0.2) is 0 Å². The summed E-state index contributed by atoms with van der Waals surface area (Å²) in [5.41, 5.74) is 2.89. The van der Waals surface area contributed by atoms with Crippen LogP contribution >= 0.6 is 11.6 Å². The summed E-state index contributed by atoms with van der Waals surface area (Å²) >= 11 is 6.10. The van der Waals surface area contributed by atoms with Gasteiger partial charge in [0.1, 0.15) is 17.5 Å². The molecule has 0 aliphatic heterocycles.